The summed E-state index contributed by atoms with van der Waals surface area (Å²) in [7, 11) is 0. The number of hydrogen-bond acceptors (Lipinski definition) is 6. The Hall–Kier alpha value is -2.80. The highest BCUT2D eigenvalue weighted by Crippen LogP contribution is 2.25. The van der Waals surface area contributed by atoms with Gasteiger partial charge in [-0.05, 0) is 18.2 Å². The van der Waals surface area contributed by atoms with Gasteiger partial charge in [0.2, 0.25) is 5.13 Å². The average Bonchev–Trinajstić information content (AvgIpc) is 2.90. The van der Waals surface area contributed by atoms with Gasteiger partial charge in [0.25, 0.3) is 5.69 Å². The third kappa shape index (κ3) is 2.87. The summed E-state index contributed by atoms with van der Waals surface area (Å²) in [6.45, 7) is 0. The molecule has 1 N–H and O–H groups in total. The second-order valence-corrected chi connectivity index (χ2v) is 5.20. The molecule has 21 heavy (non-hydrogen) atoms. The number of rotatable bonds is 4. The molecule has 0 atom stereocenters. The lowest BCUT2D eigenvalue weighted by molar-refractivity contribution is -0.385. The van der Waals surface area contributed by atoms with Crippen LogP contribution in [0.5, 0.6) is 0 Å². The number of benzene rings is 2. The van der Waals surface area contributed by atoms with E-state index in [1.54, 1.807) is 18.2 Å². The van der Waals surface area contributed by atoms with Crippen LogP contribution in [0.15, 0.2) is 53.6 Å². The van der Waals surface area contributed by atoms with E-state index in [9.17, 15) is 10.1 Å². The number of nitro benzene ring substituents is 1. The first-order valence-electron chi connectivity index (χ1n) is 6.12. The van der Waals surface area contributed by atoms with Crippen LogP contribution in [0, 0.1) is 10.1 Å². The Morgan fingerprint density at radius 1 is 1.19 bits per heavy atom. The zero-order valence-corrected chi connectivity index (χ0v) is 11.6. The highest BCUT2D eigenvalue weighted by Gasteiger charge is 2.09. The first-order chi connectivity index (χ1) is 10.2. The number of fused-ring (bicyclic) bond motifs is 1. The van der Waals surface area contributed by atoms with Gasteiger partial charge in [-0.1, -0.05) is 35.6 Å². The maximum absolute atomic E-state index is 10.9. The topological polar surface area (TPSA) is 80.4 Å². The van der Waals surface area contributed by atoms with Crippen molar-refractivity contribution < 1.29 is 4.92 Å². The molecular weight excluding hydrogens is 288 g/mol. The fraction of sp³-hybridized carbons (Fsp3) is 0. The van der Waals surface area contributed by atoms with Crippen LogP contribution in [0.2, 0.25) is 0 Å². The quantitative estimate of drug-likeness (QED) is 0.453. The Kier molecular flexibility index (Phi) is 3.57. The van der Waals surface area contributed by atoms with Crippen LogP contribution in [0.4, 0.5) is 10.8 Å². The molecule has 0 fully saturated rings. The molecule has 0 bridgehead atoms. The van der Waals surface area contributed by atoms with Crippen molar-refractivity contribution in [3.8, 4) is 0 Å². The Morgan fingerprint density at radius 2 is 1.95 bits per heavy atom. The smallest absolute Gasteiger partial charge is 0.258 e. The van der Waals surface area contributed by atoms with E-state index in [1.807, 2.05) is 24.3 Å². The van der Waals surface area contributed by atoms with Crippen molar-refractivity contribution in [3.63, 3.8) is 0 Å². The van der Waals surface area contributed by atoms with E-state index in [2.05, 4.69) is 15.5 Å². The van der Waals surface area contributed by atoms with Crippen molar-refractivity contribution in [2.75, 3.05) is 5.43 Å². The lowest BCUT2D eigenvalue weighted by atomic mass is 10.2. The second kappa shape index (κ2) is 5.68. The first-order valence-corrected chi connectivity index (χ1v) is 6.94. The third-order valence-corrected chi connectivity index (χ3v) is 3.73. The molecule has 3 rings (SSSR count). The van der Waals surface area contributed by atoms with Gasteiger partial charge < -0.3 is 0 Å². The van der Waals surface area contributed by atoms with Crippen LogP contribution in [-0.4, -0.2) is 16.1 Å². The average molecular weight is 298 g/mol. The molecule has 1 heterocycles. The van der Waals surface area contributed by atoms with Gasteiger partial charge in [0.15, 0.2) is 0 Å². The van der Waals surface area contributed by atoms with Crippen molar-refractivity contribution in [1.29, 1.82) is 0 Å². The number of thiazole rings is 1. The van der Waals surface area contributed by atoms with Crippen molar-refractivity contribution >= 4 is 38.6 Å². The number of para-hydroxylation sites is 2. The van der Waals surface area contributed by atoms with Crippen LogP contribution in [0.3, 0.4) is 0 Å². The van der Waals surface area contributed by atoms with Crippen LogP contribution in [-0.2, 0) is 0 Å². The highest BCUT2D eigenvalue weighted by molar-refractivity contribution is 7.22. The minimum Gasteiger partial charge on any atom is -0.258 e. The number of hydrogen-bond donors (Lipinski definition) is 1. The lowest BCUT2D eigenvalue weighted by Crippen LogP contribution is -1.95. The molecular formula is C14H10N4O2S. The molecule has 0 unspecified atom stereocenters. The van der Waals surface area contributed by atoms with E-state index in [0.717, 1.165) is 10.2 Å². The largest absolute Gasteiger partial charge is 0.278 e. The molecule has 0 saturated heterocycles. The zero-order chi connectivity index (χ0) is 14.7. The maximum atomic E-state index is 10.9. The highest BCUT2D eigenvalue weighted by atomic mass is 32.1. The number of nitro groups is 1. The molecule has 104 valence electrons. The summed E-state index contributed by atoms with van der Waals surface area (Å²) in [5.74, 6) is 0. The van der Waals surface area contributed by atoms with Gasteiger partial charge >= 0.3 is 0 Å². The van der Waals surface area contributed by atoms with Gasteiger partial charge in [0.1, 0.15) is 0 Å². The standard InChI is InChI=1S/C14H10N4O2S/c19-18(20)12-7-3-1-5-10(12)9-15-17-14-16-11-6-2-4-8-13(11)21-14/h1-9H,(H,16,17)/b15-9+. The molecule has 2 aromatic carbocycles. The molecule has 0 aliphatic carbocycles. The fourth-order valence-electron chi connectivity index (χ4n) is 1.84. The molecule has 6 nitrogen and oxygen atoms in total. The van der Waals surface area contributed by atoms with Crippen molar-refractivity contribution in [2.24, 2.45) is 5.10 Å². The molecule has 1 aromatic heterocycles. The summed E-state index contributed by atoms with van der Waals surface area (Å²) in [5, 5.41) is 15.5. The van der Waals surface area contributed by atoms with E-state index >= 15 is 0 Å². The minimum atomic E-state index is -0.432. The van der Waals surface area contributed by atoms with Gasteiger partial charge in [0.05, 0.1) is 26.9 Å². The number of anilines is 1. The Bertz CT molecular complexity index is 795. The summed E-state index contributed by atoms with van der Waals surface area (Å²) in [5.41, 5.74) is 4.16. The van der Waals surface area contributed by atoms with E-state index < -0.39 is 4.92 Å². The SMILES string of the molecule is O=[N+]([O-])c1ccccc1/C=N/Nc1nc2ccccc2s1. The van der Waals surface area contributed by atoms with Gasteiger partial charge in [-0.3, -0.25) is 15.5 Å². The number of hydrazone groups is 1. The fourth-order valence-corrected chi connectivity index (χ4v) is 2.66. The van der Waals surface area contributed by atoms with Crippen molar-refractivity contribution in [3.05, 3.63) is 64.2 Å². The summed E-state index contributed by atoms with van der Waals surface area (Å²) < 4.78 is 1.06. The van der Waals surface area contributed by atoms with Gasteiger partial charge in [-0.15, -0.1) is 0 Å². The van der Waals surface area contributed by atoms with Crippen molar-refractivity contribution in [1.82, 2.24) is 4.98 Å². The molecule has 0 aliphatic heterocycles. The van der Waals surface area contributed by atoms with Gasteiger partial charge in [0, 0.05) is 6.07 Å². The second-order valence-electron chi connectivity index (χ2n) is 4.17. The summed E-state index contributed by atoms with van der Waals surface area (Å²) in [6.07, 6.45) is 1.42. The first kappa shape index (κ1) is 13.2. The van der Waals surface area contributed by atoms with E-state index in [4.69, 9.17) is 0 Å². The Balaban J connectivity index is 1.79. The van der Waals surface area contributed by atoms with E-state index in [0.29, 0.717) is 10.7 Å². The molecule has 3 aromatic rings. The third-order valence-electron chi connectivity index (χ3n) is 2.79. The van der Waals surface area contributed by atoms with Gasteiger partial charge in [-0.2, -0.15) is 5.10 Å². The van der Waals surface area contributed by atoms with Crippen LogP contribution >= 0.6 is 11.3 Å². The molecule has 0 spiro atoms. The van der Waals surface area contributed by atoms with Gasteiger partial charge in [-0.25, -0.2) is 4.98 Å². The van der Waals surface area contributed by atoms with E-state index in [1.165, 1.54) is 23.6 Å². The Morgan fingerprint density at radius 3 is 2.76 bits per heavy atom. The molecule has 0 aliphatic rings. The summed E-state index contributed by atoms with van der Waals surface area (Å²) >= 11 is 1.47. The predicted octanol–water partition coefficient (Wildman–Crippen LogP) is 3.65. The van der Waals surface area contributed by atoms with E-state index in [-0.39, 0.29) is 5.69 Å². The number of aromatic nitrogens is 1. The molecule has 0 amide bonds. The van der Waals surface area contributed by atoms with Crippen LogP contribution in [0.1, 0.15) is 5.56 Å². The molecule has 0 radical (unpaired) electrons. The summed E-state index contributed by atoms with van der Waals surface area (Å²) in [4.78, 5) is 14.8. The zero-order valence-electron chi connectivity index (χ0n) is 10.8. The molecule has 7 heteroatoms. The summed E-state index contributed by atoms with van der Waals surface area (Å²) in [6, 6.07) is 14.2. The van der Waals surface area contributed by atoms with Crippen LogP contribution < -0.4 is 5.43 Å². The Labute approximate surface area is 123 Å². The predicted molar refractivity (Wildman–Crippen MR) is 83.9 cm³/mol. The lowest BCUT2D eigenvalue weighted by Gasteiger charge is -1.96. The van der Waals surface area contributed by atoms with Crippen molar-refractivity contribution in [2.45, 2.75) is 0 Å². The van der Waals surface area contributed by atoms with Crippen LogP contribution in [0.25, 0.3) is 10.2 Å². The maximum Gasteiger partial charge on any atom is 0.278 e. The number of nitrogens with zero attached hydrogens (tertiary/aromatic N) is 3. The monoisotopic (exact) mass is 298 g/mol. The molecule has 0 saturated carbocycles. The minimum absolute atomic E-state index is 0.0207. The normalized spacial score (nSPS) is 11.0. The number of nitrogens with one attached hydrogen (secondary N) is 1.